The van der Waals surface area contributed by atoms with Crippen molar-refractivity contribution in [2.75, 3.05) is 6.54 Å². The molecule has 1 unspecified atom stereocenters. The SMILES string of the molecule is CC(NS(=O)(=O)c1cnn(CCN)c1)c1cccs1. The third-order valence-corrected chi connectivity index (χ3v) is 5.13. The van der Waals surface area contributed by atoms with E-state index in [0.29, 0.717) is 13.1 Å². The van der Waals surface area contributed by atoms with Gasteiger partial charge in [-0.05, 0) is 18.4 Å². The molecule has 3 N–H and O–H groups in total. The summed E-state index contributed by atoms with van der Waals surface area (Å²) in [7, 11) is -3.55. The Kier molecular flexibility index (Phi) is 4.35. The summed E-state index contributed by atoms with van der Waals surface area (Å²) in [6.45, 7) is 2.73. The van der Waals surface area contributed by atoms with E-state index in [1.165, 1.54) is 28.4 Å². The van der Waals surface area contributed by atoms with E-state index in [1.54, 1.807) is 0 Å². The van der Waals surface area contributed by atoms with Gasteiger partial charge in [0, 0.05) is 17.6 Å². The Morgan fingerprint density at radius 2 is 2.37 bits per heavy atom. The molecule has 0 aliphatic rings. The Morgan fingerprint density at radius 1 is 1.58 bits per heavy atom. The van der Waals surface area contributed by atoms with Gasteiger partial charge in [0.15, 0.2) is 0 Å². The van der Waals surface area contributed by atoms with Gasteiger partial charge in [0.1, 0.15) is 4.90 Å². The molecular weight excluding hydrogens is 284 g/mol. The molecule has 8 heteroatoms. The summed E-state index contributed by atoms with van der Waals surface area (Å²) < 4.78 is 28.5. The fourth-order valence-corrected chi connectivity index (χ4v) is 3.62. The van der Waals surface area contributed by atoms with Crippen LogP contribution in [-0.4, -0.2) is 24.7 Å². The van der Waals surface area contributed by atoms with Crippen LogP contribution in [0.4, 0.5) is 0 Å². The van der Waals surface area contributed by atoms with Crippen LogP contribution < -0.4 is 10.5 Å². The van der Waals surface area contributed by atoms with Crippen LogP contribution in [0, 0.1) is 0 Å². The molecule has 0 saturated carbocycles. The van der Waals surface area contributed by atoms with Crippen LogP contribution in [0.25, 0.3) is 0 Å². The van der Waals surface area contributed by atoms with E-state index >= 15 is 0 Å². The molecule has 1 atom stereocenters. The molecule has 6 nitrogen and oxygen atoms in total. The van der Waals surface area contributed by atoms with Crippen molar-refractivity contribution in [1.29, 1.82) is 0 Å². The molecule has 0 bridgehead atoms. The van der Waals surface area contributed by atoms with E-state index in [4.69, 9.17) is 5.73 Å². The zero-order valence-electron chi connectivity index (χ0n) is 10.5. The quantitative estimate of drug-likeness (QED) is 0.831. The van der Waals surface area contributed by atoms with Gasteiger partial charge >= 0.3 is 0 Å². The molecule has 0 aromatic carbocycles. The van der Waals surface area contributed by atoms with E-state index in [-0.39, 0.29) is 10.9 Å². The van der Waals surface area contributed by atoms with Crippen molar-refractivity contribution in [1.82, 2.24) is 14.5 Å². The first-order valence-electron chi connectivity index (χ1n) is 5.81. The van der Waals surface area contributed by atoms with Crippen LogP contribution in [-0.2, 0) is 16.6 Å². The smallest absolute Gasteiger partial charge is 0.244 e. The van der Waals surface area contributed by atoms with Gasteiger partial charge in [-0.15, -0.1) is 11.3 Å². The average Bonchev–Trinajstić information content (AvgIpc) is 2.99. The Hall–Kier alpha value is -1.22. The predicted molar refractivity (Wildman–Crippen MR) is 74.3 cm³/mol. The fourth-order valence-electron chi connectivity index (χ4n) is 1.63. The van der Waals surface area contributed by atoms with Crippen LogP contribution in [0.15, 0.2) is 34.8 Å². The first-order chi connectivity index (χ1) is 9.03. The van der Waals surface area contributed by atoms with Gasteiger partial charge in [-0.2, -0.15) is 5.10 Å². The lowest BCUT2D eigenvalue weighted by Crippen LogP contribution is -2.26. The normalized spacial score (nSPS) is 13.6. The number of sulfonamides is 1. The van der Waals surface area contributed by atoms with Crippen molar-refractivity contribution < 1.29 is 8.42 Å². The molecule has 0 amide bonds. The fraction of sp³-hybridized carbons (Fsp3) is 0.364. The number of nitrogens with zero attached hydrogens (tertiary/aromatic N) is 2. The third kappa shape index (κ3) is 3.41. The lowest BCUT2D eigenvalue weighted by Gasteiger charge is -2.11. The topological polar surface area (TPSA) is 90.0 Å². The largest absolute Gasteiger partial charge is 0.329 e. The summed E-state index contributed by atoms with van der Waals surface area (Å²) in [5, 5.41) is 5.88. The van der Waals surface area contributed by atoms with Gasteiger partial charge in [0.25, 0.3) is 0 Å². The molecule has 0 aliphatic carbocycles. The van der Waals surface area contributed by atoms with Crippen LogP contribution in [0.1, 0.15) is 17.8 Å². The number of nitrogens with two attached hydrogens (primary N) is 1. The second-order valence-electron chi connectivity index (χ2n) is 4.09. The number of aromatic nitrogens is 2. The molecule has 0 saturated heterocycles. The van der Waals surface area contributed by atoms with Crippen molar-refractivity contribution in [3.8, 4) is 0 Å². The molecule has 0 spiro atoms. The standard InChI is InChI=1S/C11H16N4O2S2/c1-9(11-3-2-6-18-11)14-19(16,17)10-7-13-15(8-10)5-4-12/h2-3,6-9,14H,4-5,12H2,1H3. The summed E-state index contributed by atoms with van der Waals surface area (Å²) in [5.41, 5.74) is 5.40. The maximum atomic E-state index is 12.2. The van der Waals surface area contributed by atoms with Crippen LogP contribution in [0.2, 0.25) is 0 Å². The highest BCUT2D eigenvalue weighted by Crippen LogP contribution is 2.20. The van der Waals surface area contributed by atoms with Crippen molar-refractivity contribution in [3.63, 3.8) is 0 Å². The van der Waals surface area contributed by atoms with Gasteiger partial charge in [-0.25, -0.2) is 13.1 Å². The van der Waals surface area contributed by atoms with Crippen LogP contribution in [0.5, 0.6) is 0 Å². The molecule has 104 valence electrons. The molecule has 2 aromatic heterocycles. The summed E-state index contributed by atoms with van der Waals surface area (Å²) in [4.78, 5) is 1.13. The van der Waals surface area contributed by atoms with Gasteiger partial charge < -0.3 is 5.73 Å². The van der Waals surface area contributed by atoms with Crippen molar-refractivity contribution in [3.05, 3.63) is 34.8 Å². The third-order valence-electron chi connectivity index (χ3n) is 2.58. The Labute approximate surface area is 116 Å². The molecule has 19 heavy (non-hydrogen) atoms. The van der Waals surface area contributed by atoms with E-state index in [2.05, 4.69) is 9.82 Å². The maximum absolute atomic E-state index is 12.2. The maximum Gasteiger partial charge on any atom is 0.244 e. The number of thiophene rings is 1. The van der Waals surface area contributed by atoms with Gasteiger partial charge in [-0.1, -0.05) is 6.07 Å². The molecule has 0 aliphatic heterocycles. The minimum absolute atomic E-state index is 0.157. The second-order valence-corrected chi connectivity index (χ2v) is 6.78. The number of hydrogen-bond acceptors (Lipinski definition) is 5. The minimum Gasteiger partial charge on any atom is -0.329 e. The molecule has 2 aromatic rings. The Balaban J connectivity index is 2.13. The first kappa shape index (κ1) is 14.2. The van der Waals surface area contributed by atoms with Crippen molar-refractivity contribution in [2.24, 2.45) is 5.73 Å². The molecule has 2 rings (SSSR count). The summed E-state index contributed by atoms with van der Waals surface area (Å²) in [5.74, 6) is 0. The summed E-state index contributed by atoms with van der Waals surface area (Å²) in [6.07, 6.45) is 2.81. The van der Waals surface area contributed by atoms with Crippen molar-refractivity contribution in [2.45, 2.75) is 24.4 Å². The lowest BCUT2D eigenvalue weighted by molar-refractivity contribution is 0.567. The summed E-state index contributed by atoms with van der Waals surface area (Å²) in [6, 6.07) is 3.53. The van der Waals surface area contributed by atoms with E-state index < -0.39 is 10.0 Å². The van der Waals surface area contributed by atoms with Gasteiger partial charge in [0.05, 0.1) is 18.8 Å². The highest BCUT2D eigenvalue weighted by Gasteiger charge is 2.20. The van der Waals surface area contributed by atoms with E-state index in [1.807, 2.05) is 24.4 Å². The van der Waals surface area contributed by atoms with Gasteiger partial charge in [0.2, 0.25) is 10.0 Å². The van der Waals surface area contributed by atoms with E-state index in [9.17, 15) is 8.42 Å². The van der Waals surface area contributed by atoms with Gasteiger partial charge in [-0.3, -0.25) is 4.68 Å². The first-order valence-corrected chi connectivity index (χ1v) is 8.17. The highest BCUT2D eigenvalue weighted by molar-refractivity contribution is 7.89. The average molecular weight is 300 g/mol. The monoisotopic (exact) mass is 300 g/mol. The molecular formula is C11H16N4O2S2. The van der Waals surface area contributed by atoms with Crippen LogP contribution in [0.3, 0.4) is 0 Å². The van der Waals surface area contributed by atoms with Crippen molar-refractivity contribution >= 4 is 21.4 Å². The Bertz CT molecular complexity index is 619. The molecule has 2 heterocycles. The Morgan fingerprint density at radius 3 is 3.00 bits per heavy atom. The number of nitrogens with one attached hydrogen (secondary N) is 1. The lowest BCUT2D eigenvalue weighted by atomic mass is 10.3. The number of hydrogen-bond donors (Lipinski definition) is 2. The zero-order chi connectivity index (χ0) is 13.9. The number of rotatable bonds is 6. The molecule has 0 radical (unpaired) electrons. The van der Waals surface area contributed by atoms with E-state index in [0.717, 1.165) is 4.88 Å². The molecule has 0 fully saturated rings. The zero-order valence-corrected chi connectivity index (χ0v) is 12.1. The predicted octanol–water partition coefficient (Wildman–Crippen LogP) is 0.943. The second kappa shape index (κ2) is 5.83. The minimum atomic E-state index is -3.55. The van der Waals surface area contributed by atoms with Crippen LogP contribution >= 0.6 is 11.3 Å². The summed E-state index contributed by atoms with van der Waals surface area (Å²) >= 11 is 1.52. The highest BCUT2D eigenvalue weighted by atomic mass is 32.2.